The Morgan fingerprint density at radius 3 is 2.43 bits per heavy atom. The number of imide groups is 1. The Morgan fingerprint density at radius 2 is 1.86 bits per heavy atom. The number of halogens is 3. The topological polar surface area (TPSA) is 90.6 Å². The standard InChI is InChI=1S/C19H17F3N2O4/c1-8-10(5-4-9(7-23)12(8)19(20,21)22)24-15(26)13-14(16(24)27)18(3)11(25)6-17(13,2)28-18/h4-5,11,13-14,25H,6H2,1-3H3/t11-,13+,14-,17?,18?/m1/s1. The number of nitrogens with zero attached hydrogens (tertiary/aromatic N) is 2. The maximum atomic E-state index is 13.5. The zero-order chi connectivity index (χ0) is 20.8. The van der Waals surface area contributed by atoms with E-state index in [2.05, 4.69) is 0 Å². The molecule has 0 saturated carbocycles. The summed E-state index contributed by atoms with van der Waals surface area (Å²) in [6.45, 7) is 4.32. The Morgan fingerprint density at radius 1 is 1.25 bits per heavy atom. The van der Waals surface area contributed by atoms with E-state index in [1.165, 1.54) is 12.1 Å². The molecule has 2 unspecified atom stereocenters. The van der Waals surface area contributed by atoms with E-state index >= 15 is 0 Å². The molecule has 1 aromatic carbocycles. The van der Waals surface area contributed by atoms with Crippen LogP contribution in [-0.4, -0.2) is 34.2 Å². The maximum absolute atomic E-state index is 13.5. The highest BCUT2D eigenvalue weighted by atomic mass is 19.4. The fourth-order valence-corrected chi connectivity index (χ4v) is 5.16. The van der Waals surface area contributed by atoms with Crippen molar-refractivity contribution in [3.63, 3.8) is 0 Å². The third-order valence-corrected chi connectivity index (χ3v) is 6.38. The van der Waals surface area contributed by atoms with Crippen molar-refractivity contribution in [2.75, 3.05) is 4.90 Å². The van der Waals surface area contributed by atoms with Gasteiger partial charge in [-0.3, -0.25) is 9.59 Å². The first-order chi connectivity index (χ1) is 12.9. The Kier molecular flexibility index (Phi) is 3.60. The van der Waals surface area contributed by atoms with Gasteiger partial charge in [0.15, 0.2) is 0 Å². The van der Waals surface area contributed by atoms with Gasteiger partial charge in [0.1, 0.15) is 5.60 Å². The van der Waals surface area contributed by atoms with Crippen molar-refractivity contribution < 1.29 is 32.6 Å². The molecule has 3 heterocycles. The minimum Gasteiger partial charge on any atom is -0.390 e. The second-order valence-corrected chi connectivity index (χ2v) is 8.03. The molecule has 0 radical (unpaired) electrons. The van der Waals surface area contributed by atoms with Gasteiger partial charge in [0.25, 0.3) is 0 Å². The minimum atomic E-state index is -4.82. The van der Waals surface area contributed by atoms with Crippen LogP contribution in [0.3, 0.4) is 0 Å². The number of aliphatic hydroxyl groups is 1. The summed E-state index contributed by atoms with van der Waals surface area (Å²) in [7, 11) is 0. The predicted molar refractivity (Wildman–Crippen MR) is 88.9 cm³/mol. The van der Waals surface area contributed by atoms with Gasteiger partial charge >= 0.3 is 6.18 Å². The monoisotopic (exact) mass is 394 g/mol. The molecular formula is C19H17F3N2O4. The highest BCUT2D eigenvalue weighted by Gasteiger charge is 2.75. The van der Waals surface area contributed by atoms with Crippen molar-refractivity contribution in [3.8, 4) is 6.07 Å². The zero-order valence-corrected chi connectivity index (χ0v) is 15.3. The third-order valence-electron chi connectivity index (χ3n) is 6.38. The van der Waals surface area contributed by atoms with Crippen molar-refractivity contribution in [2.45, 2.75) is 50.7 Å². The van der Waals surface area contributed by atoms with Crippen LogP contribution >= 0.6 is 0 Å². The lowest BCUT2D eigenvalue weighted by atomic mass is 9.67. The van der Waals surface area contributed by atoms with E-state index in [9.17, 15) is 27.9 Å². The van der Waals surface area contributed by atoms with Gasteiger partial charge in [0, 0.05) is 6.42 Å². The van der Waals surface area contributed by atoms with Gasteiger partial charge in [0.05, 0.1) is 46.4 Å². The number of benzene rings is 1. The second kappa shape index (κ2) is 5.33. The average molecular weight is 394 g/mol. The van der Waals surface area contributed by atoms with Gasteiger partial charge < -0.3 is 9.84 Å². The molecule has 1 aromatic rings. The largest absolute Gasteiger partial charge is 0.418 e. The second-order valence-electron chi connectivity index (χ2n) is 8.03. The molecule has 3 fully saturated rings. The van der Waals surface area contributed by atoms with Crippen LogP contribution in [0.15, 0.2) is 12.1 Å². The van der Waals surface area contributed by atoms with Crippen LogP contribution < -0.4 is 4.90 Å². The lowest BCUT2D eigenvalue weighted by Crippen LogP contribution is -2.49. The van der Waals surface area contributed by atoms with Gasteiger partial charge in [-0.1, -0.05) is 0 Å². The van der Waals surface area contributed by atoms with Crippen molar-refractivity contribution in [3.05, 3.63) is 28.8 Å². The number of alkyl halides is 3. The number of ether oxygens (including phenoxy) is 1. The summed E-state index contributed by atoms with van der Waals surface area (Å²) in [5, 5.41) is 19.4. The number of aliphatic hydroxyl groups excluding tert-OH is 1. The molecule has 0 aromatic heterocycles. The quantitative estimate of drug-likeness (QED) is 0.739. The van der Waals surface area contributed by atoms with E-state index in [-0.39, 0.29) is 17.7 Å². The van der Waals surface area contributed by atoms with E-state index in [4.69, 9.17) is 10.00 Å². The van der Waals surface area contributed by atoms with Crippen LogP contribution in [0.5, 0.6) is 0 Å². The van der Waals surface area contributed by atoms with Crippen molar-refractivity contribution >= 4 is 17.5 Å². The molecule has 3 aliphatic heterocycles. The van der Waals surface area contributed by atoms with E-state index in [1.54, 1.807) is 13.8 Å². The third kappa shape index (κ3) is 2.10. The molecule has 3 aliphatic rings. The summed E-state index contributed by atoms with van der Waals surface area (Å²) in [6, 6.07) is 3.65. The molecule has 5 atom stereocenters. The van der Waals surface area contributed by atoms with Crippen LogP contribution in [0.4, 0.5) is 18.9 Å². The molecule has 9 heteroatoms. The Hall–Kier alpha value is -2.44. The van der Waals surface area contributed by atoms with Crippen LogP contribution in [-0.2, 0) is 20.5 Å². The number of hydrogen-bond acceptors (Lipinski definition) is 5. The van der Waals surface area contributed by atoms with E-state index in [0.29, 0.717) is 0 Å². The molecule has 2 bridgehead atoms. The Bertz CT molecular complexity index is 969. The molecule has 0 aliphatic carbocycles. The highest BCUT2D eigenvalue weighted by Crippen LogP contribution is 2.61. The molecule has 3 saturated heterocycles. The Labute approximate surface area is 158 Å². The average Bonchev–Trinajstić information content (AvgIpc) is 3.08. The number of carbonyl (C=O) groups is 2. The fourth-order valence-electron chi connectivity index (χ4n) is 5.16. The minimum absolute atomic E-state index is 0.164. The van der Waals surface area contributed by atoms with Crippen molar-refractivity contribution in [1.82, 2.24) is 0 Å². The summed E-state index contributed by atoms with van der Waals surface area (Å²) in [4.78, 5) is 27.0. The number of hydrogen-bond donors (Lipinski definition) is 1. The fraction of sp³-hybridized carbons (Fsp3) is 0.526. The van der Waals surface area contributed by atoms with Crippen LogP contribution in [0.2, 0.25) is 0 Å². The van der Waals surface area contributed by atoms with Crippen LogP contribution in [0, 0.1) is 30.1 Å². The summed E-state index contributed by atoms with van der Waals surface area (Å²) < 4.78 is 46.4. The SMILES string of the molecule is Cc1c(N2C(=O)[C@@H]3[C@H](C2=O)C2(C)OC3(C)C[C@H]2O)ccc(C#N)c1C(F)(F)F. The predicted octanol–water partition coefficient (Wildman–Crippen LogP) is 2.30. The van der Waals surface area contributed by atoms with E-state index < -0.39 is 58.3 Å². The normalized spacial score (nSPS) is 36.8. The molecule has 0 spiro atoms. The van der Waals surface area contributed by atoms with Gasteiger partial charge in [-0.2, -0.15) is 18.4 Å². The number of fused-ring (bicyclic) bond motifs is 5. The van der Waals surface area contributed by atoms with Crippen molar-refractivity contribution in [2.24, 2.45) is 11.8 Å². The summed E-state index contributed by atoms with van der Waals surface area (Å²) in [5.74, 6) is -3.19. The number of anilines is 1. The number of nitriles is 1. The molecule has 28 heavy (non-hydrogen) atoms. The number of rotatable bonds is 1. The van der Waals surface area contributed by atoms with Crippen LogP contribution in [0.1, 0.15) is 37.0 Å². The lowest BCUT2D eigenvalue weighted by molar-refractivity contribution is -0.138. The molecule has 2 amide bonds. The van der Waals surface area contributed by atoms with Crippen molar-refractivity contribution in [1.29, 1.82) is 5.26 Å². The van der Waals surface area contributed by atoms with Gasteiger partial charge in [-0.15, -0.1) is 0 Å². The number of amides is 2. The summed E-state index contributed by atoms with van der Waals surface area (Å²) in [6.07, 6.45) is -5.61. The van der Waals surface area contributed by atoms with Crippen LogP contribution in [0.25, 0.3) is 0 Å². The zero-order valence-electron chi connectivity index (χ0n) is 15.3. The lowest BCUT2D eigenvalue weighted by Gasteiger charge is -2.31. The maximum Gasteiger partial charge on any atom is 0.418 e. The summed E-state index contributed by atoms with van der Waals surface area (Å²) >= 11 is 0. The first kappa shape index (κ1) is 18.9. The molecule has 4 rings (SSSR count). The van der Waals surface area contributed by atoms with Gasteiger partial charge in [-0.25, -0.2) is 4.90 Å². The summed E-state index contributed by atoms with van der Waals surface area (Å²) in [5.41, 5.74) is -4.64. The van der Waals surface area contributed by atoms with E-state index in [1.807, 2.05) is 0 Å². The molecule has 6 nitrogen and oxygen atoms in total. The van der Waals surface area contributed by atoms with Gasteiger partial charge in [0.2, 0.25) is 11.8 Å². The van der Waals surface area contributed by atoms with E-state index in [0.717, 1.165) is 17.9 Å². The van der Waals surface area contributed by atoms with Gasteiger partial charge in [-0.05, 0) is 38.5 Å². The number of carbonyl (C=O) groups excluding carboxylic acids is 2. The molecule has 148 valence electrons. The first-order valence-electron chi connectivity index (χ1n) is 8.74. The first-order valence-corrected chi connectivity index (χ1v) is 8.74. The molecular weight excluding hydrogens is 377 g/mol. The smallest absolute Gasteiger partial charge is 0.390 e. The Balaban J connectivity index is 1.86. The molecule has 1 N–H and O–H groups in total. The highest BCUT2D eigenvalue weighted by molar-refractivity contribution is 6.23.